The Kier molecular flexibility index (Phi) is 5.58. The van der Waals surface area contributed by atoms with Crippen LogP contribution in [0.4, 0.5) is 0 Å². The highest BCUT2D eigenvalue weighted by molar-refractivity contribution is 7.99. The number of amides is 1. The molecular weight excluding hydrogens is 434 g/mol. The van der Waals surface area contributed by atoms with Gasteiger partial charge in [-0.1, -0.05) is 23.9 Å². The van der Waals surface area contributed by atoms with Gasteiger partial charge in [-0.3, -0.25) is 4.79 Å². The Morgan fingerprint density at radius 2 is 2.17 bits per heavy atom. The topological polar surface area (TPSA) is 63.4 Å². The fourth-order valence-corrected chi connectivity index (χ4v) is 6.38. The summed E-state index contributed by atoms with van der Waals surface area (Å²) in [6.45, 7) is 0. The number of hydrogen-bond acceptors (Lipinski definition) is 7. The molecule has 4 heterocycles. The molecule has 0 bridgehead atoms. The van der Waals surface area contributed by atoms with Crippen LogP contribution in [0, 0.1) is 5.92 Å². The third-order valence-electron chi connectivity index (χ3n) is 5.45. The van der Waals surface area contributed by atoms with E-state index in [4.69, 9.17) is 5.10 Å². The van der Waals surface area contributed by atoms with Crippen molar-refractivity contribution in [3.8, 4) is 0 Å². The summed E-state index contributed by atoms with van der Waals surface area (Å²) in [6.07, 6.45) is 7.10. The molecule has 0 spiro atoms. The van der Waals surface area contributed by atoms with Crippen LogP contribution in [0.1, 0.15) is 35.1 Å². The number of fused-ring (bicyclic) bond motifs is 1. The monoisotopic (exact) mass is 455 g/mol. The zero-order chi connectivity index (χ0) is 20.5. The molecule has 5 rings (SSSR count). The zero-order valence-corrected chi connectivity index (χ0v) is 18.9. The molecule has 30 heavy (non-hydrogen) atoms. The summed E-state index contributed by atoms with van der Waals surface area (Å²) in [6, 6.07) is 8.37. The molecule has 3 aromatic rings. The number of rotatable bonds is 5. The Labute approximate surface area is 187 Å². The van der Waals surface area contributed by atoms with Gasteiger partial charge in [0.1, 0.15) is 6.33 Å². The highest BCUT2D eigenvalue weighted by atomic mass is 32.2. The van der Waals surface area contributed by atoms with Crippen molar-refractivity contribution in [2.24, 2.45) is 18.1 Å². The first kappa shape index (κ1) is 19.7. The number of allylic oxidation sites excluding steroid dienone is 1. The van der Waals surface area contributed by atoms with Crippen LogP contribution in [-0.2, 0) is 11.8 Å². The lowest BCUT2D eigenvalue weighted by atomic mass is 9.79. The van der Waals surface area contributed by atoms with Gasteiger partial charge in [-0.05, 0) is 53.8 Å². The number of thioether (sulfide) groups is 1. The Morgan fingerprint density at radius 3 is 2.90 bits per heavy atom. The summed E-state index contributed by atoms with van der Waals surface area (Å²) in [4.78, 5) is 15.7. The molecule has 2 unspecified atom stereocenters. The number of hydrazone groups is 1. The van der Waals surface area contributed by atoms with E-state index >= 15 is 0 Å². The second-order valence-electron chi connectivity index (χ2n) is 7.38. The highest BCUT2D eigenvalue weighted by Crippen LogP contribution is 2.45. The minimum atomic E-state index is -0.0142. The van der Waals surface area contributed by atoms with Crippen LogP contribution in [0.2, 0.25) is 0 Å². The van der Waals surface area contributed by atoms with Crippen molar-refractivity contribution in [2.45, 2.75) is 30.5 Å². The summed E-state index contributed by atoms with van der Waals surface area (Å²) < 4.78 is 1.83. The molecule has 3 aromatic heterocycles. The first-order valence-electron chi connectivity index (χ1n) is 9.86. The predicted octanol–water partition coefficient (Wildman–Crippen LogP) is 4.85. The Bertz CT molecular complexity index is 1080. The summed E-state index contributed by atoms with van der Waals surface area (Å²) >= 11 is 4.85. The highest BCUT2D eigenvalue weighted by Gasteiger charge is 2.44. The molecule has 1 amide bonds. The first-order valence-corrected chi connectivity index (χ1v) is 12.6. The summed E-state index contributed by atoms with van der Waals surface area (Å²) in [5, 5.41) is 19.5. The summed E-state index contributed by atoms with van der Waals surface area (Å²) in [7, 11) is 1.88. The third kappa shape index (κ3) is 3.77. The van der Waals surface area contributed by atoms with Gasteiger partial charge >= 0.3 is 0 Å². The zero-order valence-electron chi connectivity index (χ0n) is 16.5. The van der Waals surface area contributed by atoms with E-state index in [0.717, 1.165) is 30.1 Å². The van der Waals surface area contributed by atoms with Crippen LogP contribution in [-0.4, -0.2) is 37.1 Å². The smallest absolute Gasteiger partial charge is 0.253 e. The van der Waals surface area contributed by atoms with E-state index < -0.39 is 0 Å². The lowest BCUT2D eigenvalue weighted by molar-refractivity contribution is -0.130. The van der Waals surface area contributed by atoms with E-state index in [1.54, 1.807) is 34.0 Å². The van der Waals surface area contributed by atoms with Gasteiger partial charge in [0.25, 0.3) is 5.91 Å². The fraction of sp³-hybridized carbons (Fsp3) is 0.333. The number of aromatic nitrogens is 3. The van der Waals surface area contributed by atoms with Crippen LogP contribution in [0.5, 0.6) is 0 Å². The maximum Gasteiger partial charge on any atom is 0.253 e. The van der Waals surface area contributed by atoms with E-state index in [-0.39, 0.29) is 17.9 Å². The normalized spacial score (nSPS) is 22.4. The molecule has 9 heteroatoms. The molecule has 0 N–H and O–H groups in total. The van der Waals surface area contributed by atoms with Gasteiger partial charge in [0, 0.05) is 22.7 Å². The maximum atomic E-state index is 13.3. The van der Waals surface area contributed by atoms with Gasteiger partial charge in [-0.2, -0.15) is 5.10 Å². The number of thiophene rings is 2. The average Bonchev–Trinajstić information content (AvgIpc) is 3.53. The van der Waals surface area contributed by atoms with E-state index in [9.17, 15) is 4.79 Å². The van der Waals surface area contributed by atoms with Crippen molar-refractivity contribution in [1.29, 1.82) is 0 Å². The predicted molar refractivity (Wildman–Crippen MR) is 123 cm³/mol. The largest absolute Gasteiger partial charge is 0.312 e. The van der Waals surface area contributed by atoms with Gasteiger partial charge in [-0.15, -0.1) is 32.9 Å². The van der Waals surface area contributed by atoms with Gasteiger partial charge in [0.15, 0.2) is 5.16 Å². The summed E-state index contributed by atoms with van der Waals surface area (Å²) in [5.74, 6) is 0.563. The molecule has 6 nitrogen and oxygen atoms in total. The standard InChI is InChI=1S/C21H21N5OS3/c1-25-13-22-23-21(25)30-12-18(27)26-20(17-8-4-10-29-17)16-7-2-5-14(19(16)24-26)11-15-6-3-9-28-15/h3-4,6,8-11,13,16,20H,2,5,7,12H2,1H3/b14-11+. The molecule has 0 radical (unpaired) electrons. The molecule has 1 saturated carbocycles. The van der Waals surface area contributed by atoms with E-state index in [2.05, 4.69) is 51.3 Å². The minimum Gasteiger partial charge on any atom is -0.312 e. The lowest BCUT2D eigenvalue weighted by Gasteiger charge is -2.28. The Hall–Kier alpha value is -2.23. The molecule has 1 fully saturated rings. The molecule has 1 aliphatic heterocycles. The SMILES string of the molecule is Cn1cnnc1SCC(=O)N1N=C2/C(=C/c3cccs3)CCCC2C1c1cccs1. The number of carbonyl (C=O) groups is 1. The van der Waals surface area contributed by atoms with Crippen molar-refractivity contribution in [3.63, 3.8) is 0 Å². The van der Waals surface area contributed by atoms with Crippen LogP contribution < -0.4 is 0 Å². The van der Waals surface area contributed by atoms with Gasteiger partial charge < -0.3 is 4.57 Å². The lowest BCUT2D eigenvalue weighted by Crippen LogP contribution is -2.32. The quantitative estimate of drug-likeness (QED) is 0.516. The maximum absolute atomic E-state index is 13.3. The first-order chi connectivity index (χ1) is 14.7. The number of carbonyl (C=O) groups excluding carboxylic acids is 1. The van der Waals surface area contributed by atoms with Crippen LogP contribution >= 0.6 is 34.4 Å². The van der Waals surface area contributed by atoms with E-state index in [0.29, 0.717) is 5.75 Å². The third-order valence-corrected chi connectivity index (χ3v) is 8.23. The number of hydrogen-bond donors (Lipinski definition) is 0. The molecule has 0 aromatic carbocycles. The molecular formula is C21H21N5OS3. The van der Waals surface area contributed by atoms with Crippen LogP contribution in [0.25, 0.3) is 6.08 Å². The van der Waals surface area contributed by atoms with E-state index in [1.807, 2.05) is 11.6 Å². The van der Waals surface area contributed by atoms with Crippen molar-refractivity contribution in [3.05, 3.63) is 56.7 Å². The van der Waals surface area contributed by atoms with Crippen molar-refractivity contribution < 1.29 is 4.79 Å². The molecule has 2 aliphatic rings. The number of aryl methyl sites for hydroxylation is 1. The van der Waals surface area contributed by atoms with Gasteiger partial charge in [-0.25, -0.2) is 5.01 Å². The van der Waals surface area contributed by atoms with Gasteiger partial charge in [0.2, 0.25) is 0 Å². The second kappa shape index (κ2) is 8.49. The van der Waals surface area contributed by atoms with Crippen molar-refractivity contribution >= 4 is 52.1 Å². The molecule has 1 aliphatic carbocycles. The Balaban J connectivity index is 1.45. The van der Waals surface area contributed by atoms with Crippen molar-refractivity contribution in [2.75, 3.05) is 5.75 Å². The fourth-order valence-electron chi connectivity index (χ4n) is 4.09. The second-order valence-corrected chi connectivity index (χ2v) is 10.3. The van der Waals surface area contributed by atoms with Gasteiger partial charge in [0.05, 0.1) is 17.5 Å². The van der Waals surface area contributed by atoms with Crippen molar-refractivity contribution in [1.82, 2.24) is 19.8 Å². The number of nitrogens with zero attached hydrogens (tertiary/aromatic N) is 5. The summed E-state index contributed by atoms with van der Waals surface area (Å²) in [5.41, 5.74) is 2.36. The average molecular weight is 456 g/mol. The molecule has 0 saturated heterocycles. The molecule has 154 valence electrons. The van der Waals surface area contributed by atoms with Crippen LogP contribution in [0.3, 0.4) is 0 Å². The van der Waals surface area contributed by atoms with E-state index in [1.165, 1.54) is 27.1 Å². The molecule has 2 atom stereocenters. The van der Waals surface area contributed by atoms with Crippen LogP contribution in [0.15, 0.2) is 57.2 Å². The minimum absolute atomic E-state index is 0.0128. The Morgan fingerprint density at radius 1 is 1.30 bits per heavy atom.